The van der Waals surface area contributed by atoms with Crippen molar-refractivity contribution in [2.75, 3.05) is 6.54 Å². The molecule has 1 aliphatic rings. The summed E-state index contributed by atoms with van der Waals surface area (Å²) in [5, 5.41) is 0. The van der Waals surface area contributed by atoms with Gasteiger partial charge in [0.2, 0.25) is 5.91 Å². The third-order valence-corrected chi connectivity index (χ3v) is 2.60. The number of carbonyl (C=O) groups excluding carboxylic acids is 1. The standard InChI is InChI=1S/C11H20N2O/c1-4-7-13(9-5-6-9)11(14)10(12)8(2)3/h4,8-10H,1,5-7,12H2,2-3H3/t10-/m1/s1. The molecule has 1 fully saturated rings. The highest BCUT2D eigenvalue weighted by Gasteiger charge is 2.34. The highest BCUT2D eigenvalue weighted by atomic mass is 16.2. The maximum Gasteiger partial charge on any atom is 0.240 e. The quantitative estimate of drug-likeness (QED) is 0.670. The fourth-order valence-corrected chi connectivity index (χ4v) is 1.42. The van der Waals surface area contributed by atoms with Crippen molar-refractivity contribution in [1.29, 1.82) is 0 Å². The van der Waals surface area contributed by atoms with Crippen LogP contribution in [-0.2, 0) is 4.79 Å². The molecule has 3 heteroatoms. The first-order chi connectivity index (χ1) is 6.57. The van der Waals surface area contributed by atoms with Gasteiger partial charge in [-0.2, -0.15) is 0 Å². The van der Waals surface area contributed by atoms with Crippen LogP contribution in [0.1, 0.15) is 26.7 Å². The van der Waals surface area contributed by atoms with Gasteiger partial charge in [-0.05, 0) is 18.8 Å². The largest absolute Gasteiger partial charge is 0.335 e. The molecule has 0 aromatic rings. The molecule has 1 rings (SSSR count). The van der Waals surface area contributed by atoms with Gasteiger partial charge in [0.15, 0.2) is 0 Å². The summed E-state index contributed by atoms with van der Waals surface area (Å²) in [5.74, 6) is 0.274. The first kappa shape index (κ1) is 11.2. The number of hydrogen-bond donors (Lipinski definition) is 1. The lowest BCUT2D eigenvalue weighted by molar-refractivity contribution is -0.133. The van der Waals surface area contributed by atoms with Gasteiger partial charge in [0.05, 0.1) is 6.04 Å². The van der Waals surface area contributed by atoms with E-state index in [1.165, 1.54) is 0 Å². The second-order valence-corrected chi connectivity index (χ2v) is 4.28. The molecule has 0 radical (unpaired) electrons. The van der Waals surface area contributed by atoms with Crippen LogP contribution >= 0.6 is 0 Å². The Morgan fingerprint density at radius 3 is 2.57 bits per heavy atom. The molecule has 0 saturated heterocycles. The summed E-state index contributed by atoms with van der Waals surface area (Å²) in [6.45, 7) is 8.24. The van der Waals surface area contributed by atoms with Crippen LogP contribution in [0.2, 0.25) is 0 Å². The smallest absolute Gasteiger partial charge is 0.240 e. The molecule has 0 aliphatic heterocycles. The molecule has 1 saturated carbocycles. The minimum atomic E-state index is -0.365. The first-order valence-corrected chi connectivity index (χ1v) is 5.25. The summed E-state index contributed by atoms with van der Waals surface area (Å²) in [5.41, 5.74) is 5.83. The normalized spacial score (nSPS) is 18.0. The summed E-state index contributed by atoms with van der Waals surface area (Å²) in [4.78, 5) is 13.8. The lowest BCUT2D eigenvalue weighted by atomic mass is 10.0. The summed E-state index contributed by atoms with van der Waals surface area (Å²) >= 11 is 0. The van der Waals surface area contributed by atoms with Crippen LogP contribution in [0.3, 0.4) is 0 Å². The van der Waals surface area contributed by atoms with Crippen LogP contribution in [0, 0.1) is 5.92 Å². The molecule has 1 atom stereocenters. The van der Waals surface area contributed by atoms with Gasteiger partial charge in [0.1, 0.15) is 0 Å². The van der Waals surface area contributed by atoms with E-state index in [4.69, 9.17) is 5.73 Å². The van der Waals surface area contributed by atoms with Crippen LogP contribution < -0.4 is 5.73 Å². The predicted molar refractivity (Wildman–Crippen MR) is 57.7 cm³/mol. The zero-order chi connectivity index (χ0) is 10.7. The molecule has 0 unspecified atom stereocenters. The van der Waals surface area contributed by atoms with Crippen molar-refractivity contribution >= 4 is 5.91 Å². The van der Waals surface area contributed by atoms with Gasteiger partial charge in [0.25, 0.3) is 0 Å². The van der Waals surface area contributed by atoms with Crippen LogP contribution in [0.25, 0.3) is 0 Å². The molecule has 80 valence electrons. The summed E-state index contributed by atoms with van der Waals surface area (Å²) in [7, 11) is 0. The Morgan fingerprint density at radius 2 is 2.21 bits per heavy atom. The molecular formula is C11H20N2O. The van der Waals surface area contributed by atoms with Crippen molar-refractivity contribution in [3.05, 3.63) is 12.7 Å². The van der Waals surface area contributed by atoms with E-state index >= 15 is 0 Å². The minimum Gasteiger partial charge on any atom is -0.335 e. The molecule has 3 nitrogen and oxygen atoms in total. The molecule has 0 aromatic carbocycles. The number of amides is 1. The van der Waals surface area contributed by atoms with Gasteiger partial charge in [0, 0.05) is 12.6 Å². The van der Waals surface area contributed by atoms with Crippen molar-refractivity contribution in [2.45, 2.75) is 38.8 Å². The third-order valence-electron chi connectivity index (χ3n) is 2.60. The minimum absolute atomic E-state index is 0.0717. The van der Waals surface area contributed by atoms with Gasteiger partial charge in [-0.25, -0.2) is 0 Å². The van der Waals surface area contributed by atoms with Gasteiger partial charge >= 0.3 is 0 Å². The van der Waals surface area contributed by atoms with E-state index in [0.29, 0.717) is 12.6 Å². The summed E-state index contributed by atoms with van der Waals surface area (Å²) < 4.78 is 0. The van der Waals surface area contributed by atoms with Gasteiger partial charge < -0.3 is 10.6 Å². The van der Waals surface area contributed by atoms with Crippen LogP contribution in [0.4, 0.5) is 0 Å². The maximum absolute atomic E-state index is 11.9. The zero-order valence-corrected chi connectivity index (χ0v) is 9.07. The predicted octanol–water partition coefficient (Wildman–Crippen LogP) is 1.15. The fourth-order valence-electron chi connectivity index (χ4n) is 1.42. The Balaban J connectivity index is 2.57. The maximum atomic E-state index is 11.9. The van der Waals surface area contributed by atoms with Crippen LogP contribution in [-0.4, -0.2) is 29.4 Å². The fraction of sp³-hybridized carbons (Fsp3) is 0.727. The Kier molecular flexibility index (Phi) is 3.69. The zero-order valence-electron chi connectivity index (χ0n) is 9.07. The van der Waals surface area contributed by atoms with Crippen molar-refractivity contribution in [3.8, 4) is 0 Å². The number of rotatable bonds is 5. The second-order valence-electron chi connectivity index (χ2n) is 4.28. The second kappa shape index (κ2) is 4.60. The Bertz CT molecular complexity index is 221. The third kappa shape index (κ3) is 2.58. The Hall–Kier alpha value is -0.830. The van der Waals surface area contributed by atoms with E-state index < -0.39 is 0 Å². The molecule has 1 amide bonds. The van der Waals surface area contributed by atoms with Gasteiger partial charge in [-0.15, -0.1) is 6.58 Å². The van der Waals surface area contributed by atoms with E-state index in [1.54, 1.807) is 6.08 Å². The summed E-state index contributed by atoms with van der Waals surface area (Å²) in [6, 6.07) is 0.0563. The van der Waals surface area contributed by atoms with Gasteiger partial charge in [-0.3, -0.25) is 4.79 Å². The van der Waals surface area contributed by atoms with E-state index in [-0.39, 0.29) is 17.9 Å². The monoisotopic (exact) mass is 196 g/mol. The van der Waals surface area contributed by atoms with Crippen molar-refractivity contribution < 1.29 is 4.79 Å². The highest BCUT2D eigenvalue weighted by Crippen LogP contribution is 2.27. The molecule has 1 aliphatic carbocycles. The molecule has 2 N–H and O–H groups in total. The number of nitrogens with zero attached hydrogens (tertiary/aromatic N) is 1. The number of nitrogens with two attached hydrogens (primary N) is 1. The first-order valence-electron chi connectivity index (χ1n) is 5.25. The Morgan fingerprint density at radius 1 is 1.64 bits per heavy atom. The lowest BCUT2D eigenvalue weighted by Gasteiger charge is -2.26. The van der Waals surface area contributed by atoms with E-state index in [9.17, 15) is 4.79 Å². The van der Waals surface area contributed by atoms with Crippen LogP contribution in [0.5, 0.6) is 0 Å². The molecular weight excluding hydrogens is 176 g/mol. The van der Waals surface area contributed by atoms with E-state index in [0.717, 1.165) is 12.8 Å². The molecule has 0 heterocycles. The topological polar surface area (TPSA) is 46.3 Å². The van der Waals surface area contributed by atoms with E-state index in [2.05, 4.69) is 6.58 Å². The van der Waals surface area contributed by atoms with Crippen molar-refractivity contribution in [1.82, 2.24) is 4.90 Å². The summed E-state index contributed by atoms with van der Waals surface area (Å²) in [6.07, 6.45) is 4.00. The Labute approximate surface area is 86.0 Å². The van der Waals surface area contributed by atoms with Crippen molar-refractivity contribution in [2.24, 2.45) is 11.7 Å². The lowest BCUT2D eigenvalue weighted by Crippen LogP contribution is -2.47. The average Bonchev–Trinajstić information content (AvgIpc) is 2.95. The molecule has 0 aromatic heterocycles. The average molecular weight is 196 g/mol. The van der Waals surface area contributed by atoms with Crippen LogP contribution in [0.15, 0.2) is 12.7 Å². The number of carbonyl (C=O) groups is 1. The van der Waals surface area contributed by atoms with E-state index in [1.807, 2.05) is 18.7 Å². The SMILES string of the molecule is C=CCN(C(=O)[C@H](N)C(C)C)C1CC1. The molecule has 0 bridgehead atoms. The van der Waals surface area contributed by atoms with Crippen molar-refractivity contribution in [3.63, 3.8) is 0 Å². The highest BCUT2D eigenvalue weighted by molar-refractivity contribution is 5.82. The molecule has 14 heavy (non-hydrogen) atoms. The number of hydrogen-bond acceptors (Lipinski definition) is 2. The van der Waals surface area contributed by atoms with Gasteiger partial charge in [-0.1, -0.05) is 19.9 Å². The molecule has 0 spiro atoms.